The van der Waals surface area contributed by atoms with Crippen LogP contribution in [-0.2, 0) is 13.2 Å². The largest absolute Gasteiger partial charge is 0.283 e. The highest BCUT2D eigenvalue weighted by atomic mass is 32.1. The maximum atomic E-state index is 5.68. The molecule has 0 N–H and O–H groups in total. The molecule has 5 heteroatoms. The van der Waals surface area contributed by atoms with Crippen LogP contribution in [0.15, 0.2) is 48.5 Å². The molecule has 0 spiro atoms. The van der Waals surface area contributed by atoms with E-state index in [1.807, 2.05) is 22.2 Å². The lowest BCUT2D eigenvalue weighted by Gasteiger charge is -2.17. The van der Waals surface area contributed by atoms with Gasteiger partial charge in [0.05, 0.1) is 6.67 Å². The zero-order chi connectivity index (χ0) is 18.0. The summed E-state index contributed by atoms with van der Waals surface area (Å²) < 4.78 is 4.65. The Bertz CT molecular complexity index is 939. The van der Waals surface area contributed by atoms with Gasteiger partial charge in [-0.3, -0.25) is 9.47 Å². The first-order valence-corrected chi connectivity index (χ1v) is 8.83. The molecule has 25 heavy (non-hydrogen) atoms. The third kappa shape index (κ3) is 3.89. The number of benzene rings is 2. The third-order valence-electron chi connectivity index (χ3n) is 4.34. The lowest BCUT2D eigenvalue weighted by molar-refractivity contribution is 0.243. The van der Waals surface area contributed by atoms with Crippen LogP contribution in [0.1, 0.15) is 22.5 Å². The average molecular weight is 353 g/mol. The van der Waals surface area contributed by atoms with Crippen molar-refractivity contribution in [2.75, 3.05) is 7.05 Å². The Labute approximate surface area is 154 Å². The first-order valence-electron chi connectivity index (χ1n) is 8.42. The van der Waals surface area contributed by atoms with Crippen LogP contribution in [0.2, 0.25) is 0 Å². The fourth-order valence-electron chi connectivity index (χ4n) is 3.03. The molecule has 0 aliphatic rings. The van der Waals surface area contributed by atoms with Gasteiger partial charge in [-0.1, -0.05) is 36.4 Å². The molecule has 2 aromatic carbocycles. The number of aryl methyl sites for hydroxylation is 3. The highest BCUT2D eigenvalue weighted by Gasteiger charge is 2.11. The summed E-state index contributed by atoms with van der Waals surface area (Å²) in [5.41, 5.74) is 4.91. The Morgan fingerprint density at radius 3 is 2.52 bits per heavy atom. The van der Waals surface area contributed by atoms with Crippen LogP contribution in [0.4, 0.5) is 0 Å². The second kappa shape index (κ2) is 7.33. The van der Waals surface area contributed by atoms with Crippen molar-refractivity contribution >= 4 is 12.2 Å². The predicted molar refractivity (Wildman–Crippen MR) is 105 cm³/mol. The number of hydrogen-bond acceptors (Lipinski definition) is 3. The molecule has 4 nitrogen and oxygen atoms in total. The highest BCUT2D eigenvalue weighted by molar-refractivity contribution is 7.71. The van der Waals surface area contributed by atoms with Crippen LogP contribution < -0.4 is 0 Å². The van der Waals surface area contributed by atoms with E-state index >= 15 is 0 Å². The Kier molecular flexibility index (Phi) is 5.16. The molecule has 1 heterocycles. The van der Waals surface area contributed by atoms with Gasteiger partial charge in [-0.25, -0.2) is 4.68 Å². The molecule has 130 valence electrons. The van der Waals surface area contributed by atoms with E-state index in [2.05, 4.69) is 73.4 Å². The van der Waals surface area contributed by atoms with E-state index in [9.17, 15) is 0 Å². The quantitative estimate of drug-likeness (QED) is 0.636. The molecule has 0 fully saturated rings. The van der Waals surface area contributed by atoms with Gasteiger partial charge in [0.1, 0.15) is 5.82 Å². The summed E-state index contributed by atoms with van der Waals surface area (Å²) in [5.74, 6) is 0.903. The fourth-order valence-corrected chi connectivity index (χ4v) is 3.37. The second-order valence-corrected chi connectivity index (χ2v) is 6.95. The Morgan fingerprint density at radius 1 is 1.04 bits per heavy atom. The summed E-state index contributed by atoms with van der Waals surface area (Å²) in [5, 5.41) is 4.65. The minimum absolute atomic E-state index is 0.660. The maximum absolute atomic E-state index is 5.68. The number of aromatic nitrogens is 3. The van der Waals surface area contributed by atoms with E-state index in [0.29, 0.717) is 6.67 Å². The summed E-state index contributed by atoms with van der Waals surface area (Å²) in [4.78, 5) is 2.23. The van der Waals surface area contributed by atoms with E-state index in [1.165, 1.54) is 16.7 Å². The Morgan fingerprint density at radius 2 is 1.80 bits per heavy atom. The van der Waals surface area contributed by atoms with Crippen LogP contribution in [0.25, 0.3) is 5.69 Å². The summed E-state index contributed by atoms with van der Waals surface area (Å²) in [6.07, 6.45) is 0. The van der Waals surface area contributed by atoms with Crippen molar-refractivity contribution in [3.8, 4) is 5.69 Å². The average Bonchev–Trinajstić information content (AvgIpc) is 2.83. The molecular formula is C20H24N4S. The molecule has 0 radical (unpaired) electrons. The van der Waals surface area contributed by atoms with Gasteiger partial charge in [0.15, 0.2) is 0 Å². The zero-order valence-corrected chi connectivity index (χ0v) is 16.0. The topological polar surface area (TPSA) is 26.0 Å². The minimum Gasteiger partial charge on any atom is -0.283 e. The zero-order valence-electron chi connectivity index (χ0n) is 15.2. The molecule has 1 aromatic heterocycles. The molecule has 3 aromatic rings. The predicted octanol–water partition coefficient (Wildman–Crippen LogP) is 4.42. The first-order chi connectivity index (χ1) is 12.0. The van der Waals surface area contributed by atoms with Crippen molar-refractivity contribution in [1.29, 1.82) is 0 Å². The number of hydrogen-bond donors (Lipinski definition) is 0. The second-order valence-electron chi connectivity index (χ2n) is 6.59. The minimum atomic E-state index is 0.660. The lowest BCUT2D eigenvalue weighted by Crippen LogP contribution is -2.23. The number of rotatable bonds is 5. The van der Waals surface area contributed by atoms with Crippen molar-refractivity contribution < 1.29 is 0 Å². The van der Waals surface area contributed by atoms with Crippen molar-refractivity contribution in [2.24, 2.45) is 0 Å². The van der Waals surface area contributed by atoms with Crippen molar-refractivity contribution in [3.63, 3.8) is 0 Å². The molecule has 0 unspecified atom stereocenters. The summed E-state index contributed by atoms with van der Waals surface area (Å²) in [7, 11) is 2.09. The molecule has 0 amide bonds. The third-order valence-corrected chi connectivity index (χ3v) is 4.73. The van der Waals surface area contributed by atoms with Gasteiger partial charge in [-0.2, -0.15) is 5.10 Å². The summed E-state index contributed by atoms with van der Waals surface area (Å²) in [6.45, 7) is 7.75. The molecule has 0 aliphatic carbocycles. The SMILES string of the molecule is Cc1cccc(-n2c(C)nn(CN(C)Cc3ccccc3C)c2=S)c1. The van der Waals surface area contributed by atoms with Crippen LogP contribution in [0, 0.1) is 25.5 Å². The van der Waals surface area contributed by atoms with E-state index in [-0.39, 0.29) is 0 Å². The molecule has 0 atom stereocenters. The van der Waals surface area contributed by atoms with Crippen LogP contribution >= 0.6 is 12.2 Å². The van der Waals surface area contributed by atoms with Crippen LogP contribution in [0.5, 0.6) is 0 Å². The van der Waals surface area contributed by atoms with Gasteiger partial charge in [-0.05, 0) is 68.9 Å². The molecular weight excluding hydrogens is 328 g/mol. The molecule has 0 saturated carbocycles. The molecule has 0 saturated heterocycles. The van der Waals surface area contributed by atoms with Gasteiger partial charge < -0.3 is 0 Å². The summed E-state index contributed by atoms with van der Waals surface area (Å²) >= 11 is 5.68. The van der Waals surface area contributed by atoms with Gasteiger partial charge in [0.2, 0.25) is 4.77 Å². The van der Waals surface area contributed by atoms with Crippen molar-refractivity contribution in [1.82, 2.24) is 19.2 Å². The first kappa shape index (κ1) is 17.6. The maximum Gasteiger partial charge on any atom is 0.203 e. The van der Waals surface area contributed by atoms with Crippen LogP contribution in [-0.4, -0.2) is 26.3 Å². The lowest BCUT2D eigenvalue weighted by atomic mass is 10.1. The monoisotopic (exact) mass is 352 g/mol. The Balaban J connectivity index is 1.83. The van der Waals surface area contributed by atoms with E-state index in [0.717, 1.165) is 22.8 Å². The van der Waals surface area contributed by atoms with Crippen molar-refractivity contribution in [2.45, 2.75) is 34.0 Å². The van der Waals surface area contributed by atoms with Crippen LogP contribution in [0.3, 0.4) is 0 Å². The summed E-state index contributed by atoms with van der Waals surface area (Å²) in [6, 6.07) is 16.8. The highest BCUT2D eigenvalue weighted by Crippen LogP contribution is 2.15. The van der Waals surface area contributed by atoms with E-state index in [4.69, 9.17) is 12.2 Å². The smallest absolute Gasteiger partial charge is 0.203 e. The van der Waals surface area contributed by atoms with Gasteiger partial charge in [-0.15, -0.1) is 0 Å². The van der Waals surface area contributed by atoms with Gasteiger partial charge >= 0.3 is 0 Å². The molecule has 0 bridgehead atoms. The fraction of sp³-hybridized carbons (Fsp3) is 0.300. The van der Waals surface area contributed by atoms with E-state index in [1.54, 1.807) is 0 Å². The molecule has 0 aliphatic heterocycles. The normalized spacial score (nSPS) is 11.2. The van der Waals surface area contributed by atoms with Crippen molar-refractivity contribution in [3.05, 3.63) is 75.8 Å². The standard InChI is InChI=1S/C20H24N4S/c1-15-8-7-11-19(12-15)24-17(3)21-23(20(24)25)14-22(4)13-18-10-6-5-9-16(18)2/h5-12H,13-14H2,1-4H3. The number of nitrogens with zero attached hydrogens (tertiary/aromatic N) is 4. The van der Waals surface area contributed by atoms with E-state index < -0.39 is 0 Å². The molecule has 3 rings (SSSR count). The van der Waals surface area contributed by atoms with Gasteiger partial charge in [0.25, 0.3) is 0 Å². The van der Waals surface area contributed by atoms with Gasteiger partial charge in [0, 0.05) is 12.2 Å². The Hall–Kier alpha value is -2.24.